The molecule has 2 aromatic rings. The summed E-state index contributed by atoms with van der Waals surface area (Å²) in [5.74, 6) is 0.773. The molecular formula is C17H21ClN5O+. The van der Waals surface area contributed by atoms with Gasteiger partial charge in [0.15, 0.2) is 6.54 Å². The lowest BCUT2D eigenvalue weighted by molar-refractivity contribution is -0.892. The lowest BCUT2D eigenvalue weighted by Crippen LogP contribution is -3.15. The molecule has 3 rings (SSSR count). The fourth-order valence-electron chi connectivity index (χ4n) is 2.82. The first-order valence-corrected chi connectivity index (χ1v) is 8.42. The third kappa shape index (κ3) is 4.01. The Morgan fingerprint density at radius 3 is 2.67 bits per heavy atom. The van der Waals surface area contributed by atoms with Gasteiger partial charge in [-0.3, -0.25) is 4.79 Å². The van der Waals surface area contributed by atoms with Gasteiger partial charge in [-0.15, -0.1) is 0 Å². The SMILES string of the molecule is Cc1c(Cl)cccc1NC(=O)C[NH+]1CCN(c2ncccn2)CC1. The number of anilines is 2. The fraction of sp³-hybridized carbons (Fsp3) is 0.353. The molecular weight excluding hydrogens is 326 g/mol. The quantitative estimate of drug-likeness (QED) is 0.859. The zero-order valence-corrected chi connectivity index (χ0v) is 14.4. The van der Waals surface area contributed by atoms with E-state index in [1.54, 1.807) is 12.4 Å². The second-order valence-electron chi connectivity index (χ2n) is 5.92. The maximum atomic E-state index is 12.3. The maximum absolute atomic E-state index is 12.3. The number of carbonyl (C=O) groups is 1. The van der Waals surface area contributed by atoms with E-state index in [1.165, 1.54) is 4.90 Å². The van der Waals surface area contributed by atoms with Crippen molar-refractivity contribution in [1.29, 1.82) is 0 Å². The summed E-state index contributed by atoms with van der Waals surface area (Å²) < 4.78 is 0. The molecule has 0 bridgehead atoms. The van der Waals surface area contributed by atoms with E-state index in [4.69, 9.17) is 11.6 Å². The molecule has 126 valence electrons. The highest BCUT2D eigenvalue weighted by atomic mass is 35.5. The molecule has 24 heavy (non-hydrogen) atoms. The maximum Gasteiger partial charge on any atom is 0.279 e. The van der Waals surface area contributed by atoms with Crippen LogP contribution in [0.5, 0.6) is 0 Å². The first-order valence-electron chi connectivity index (χ1n) is 8.04. The molecule has 1 amide bonds. The lowest BCUT2D eigenvalue weighted by Gasteiger charge is -2.31. The molecule has 7 heteroatoms. The van der Waals surface area contributed by atoms with Gasteiger partial charge in [0, 0.05) is 23.1 Å². The number of halogens is 1. The summed E-state index contributed by atoms with van der Waals surface area (Å²) in [6, 6.07) is 7.35. The van der Waals surface area contributed by atoms with Crippen molar-refractivity contribution >= 4 is 29.1 Å². The number of nitrogens with one attached hydrogen (secondary N) is 2. The predicted molar refractivity (Wildman–Crippen MR) is 94.6 cm³/mol. The smallest absolute Gasteiger partial charge is 0.279 e. The number of benzene rings is 1. The second kappa shape index (κ2) is 7.59. The van der Waals surface area contributed by atoms with Gasteiger partial charge in [0.25, 0.3) is 5.91 Å². The van der Waals surface area contributed by atoms with Gasteiger partial charge in [-0.25, -0.2) is 9.97 Å². The van der Waals surface area contributed by atoms with E-state index in [0.29, 0.717) is 11.6 Å². The summed E-state index contributed by atoms with van der Waals surface area (Å²) in [7, 11) is 0. The molecule has 1 fully saturated rings. The number of aromatic nitrogens is 2. The molecule has 1 saturated heterocycles. The summed E-state index contributed by atoms with van der Waals surface area (Å²) in [5.41, 5.74) is 1.68. The molecule has 0 spiro atoms. The zero-order chi connectivity index (χ0) is 16.9. The molecule has 0 aliphatic carbocycles. The number of carbonyl (C=O) groups excluding carboxylic acids is 1. The number of piperazine rings is 1. The highest BCUT2D eigenvalue weighted by molar-refractivity contribution is 6.31. The molecule has 2 heterocycles. The van der Waals surface area contributed by atoms with Crippen molar-refractivity contribution < 1.29 is 9.69 Å². The van der Waals surface area contributed by atoms with Crippen molar-refractivity contribution in [2.75, 3.05) is 42.9 Å². The van der Waals surface area contributed by atoms with Crippen molar-refractivity contribution in [2.24, 2.45) is 0 Å². The summed E-state index contributed by atoms with van der Waals surface area (Å²) in [5, 5.41) is 3.62. The van der Waals surface area contributed by atoms with E-state index < -0.39 is 0 Å². The third-order valence-corrected chi connectivity index (χ3v) is 4.67. The number of quaternary nitrogens is 1. The molecule has 1 aliphatic heterocycles. The molecule has 1 aliphatic rings. The molecule has 1 aromatic carbocycles. The van der Waals surface area contributed by atoms with E-state index in [-0.39, 0.29) is 5.91 Å². The van der Waals surface area contributed by atoms with Crippen LogP contribution in [-0.4, -0.2) is 48.6 Å². The number of amides is 1. The molecule has 1 aromatic heterocycles. The van der Waals surface area contributed by atoms with Crippen LogP contribution in [0.4, 0.5) is 11.6 Å². The van der Waals surface area contributed by atoms with E-state index in [2.05, 4.69) is 20.2 Å². The van der Waals surface area contributed by atoms with Crippen LogP contribution >= 0.6 is 11.6 Å². The Balaban J connectivity index is 1.51. The second-order valence-corrected chi connectivity index (χ2v) is 6.33. The Hall–Kier alpha value is -2.18. The van der Waals surface area contributed by atoms with Gasteiger partial charge in [-0.1, -0.05) is 17.7 Å². The Morgan fingerprint density at radius 1 is 1.25 bits per heavy atom. The molecule has 0 unspecified atom stereocenters. The van der Waals surface area contributed by atoms with Crippen LogP contribution in [-0.2, 0) is 4.79 Å². The van der Waals surface area contributed by atoms with Crippen molar-refractivity contribution in [1.82, 2.24) is 9.97 Å². The third-order valence-electron chi connectivity index (χ3n) is 4.26. The van der Waals surface area contributed by atoms with Gasteiger partial charge in [-0.2, -0.15) is 0 Å². The van der Waals surface area contributed by atoms with E-state index in [9.17, 15) is 4.79 Å². The standard InChI is InChI=1S/C17H20ClN5O/c1-13-14(18)4-2-5-15(13)21-16(24)12-22-8-10-23(11-9-22)17-19-6-3-7-20-17/h2-7H,8-12H2,1H3,(H,21,24)/p+1. The van der Waals surface area contributed by atoms with E-state index in [0.717, 1.165) is 43.4 Å². The van der Waals surface area contributed by atoms with Crippen LogP contribution in [0.15, 0.2) is 36.7 Å². The Labute approximate surface area is 146 Å². The van der Waals surface area contributed by atoms with Gasteiger partial charge in [0.1, 0.15) is 0 Å². The predicted octanol–water partition coefficient (Wildman–Crippen LogP) is 0.782. The van der Waals surface area contributed by atoms with Crippen molar-refractivity contribution in [2.45, 2.75) is 6.92 Å². The summed E-state index contributed by atoms with van der Waals surface area (Å²) in [6.07, 6.45) is 3.50. The van der Waals surface area contributed by atoms with Gasteiger partial charge in [0.2, 0.25) is 5.95 Å². The average Bonchev–Trinajstić information content (AvgIpc) is 2.60. The van der Waals surface area contributed by atoms with Gasteiger partial charge in [-0.05, 0) is 30.7 Å². The number of hydrogen-bond donors (Lipinski definition) is 2. The largest absolute Gasteiger partial charge is 0.330 e. The monoisotopic (exact) mass is 346 g/mol. The van der Waals surface area contributed by atoms with Crippen LogP contribution in [0.1, 0.15) is 5.56 Å². The summed E-state index contributed by atoms with van der Waals surface area (Å²) in [6.45, 7) is 5.84. The van der Waals surface area contributed by atoms with Crippen molar-refractivity contribution in [3.63, 3.8) is 0 Å². The van der Waals surface area contributed by atoms with Crippen LogP contribution in [0.25, 0.3) is 0 Å². The summed E-state index contributed by atoms with van der Waals surface area (Å²) >= 11 is 6.09. The van der Waals surface area contributed by atoms with Crippen LogP contribution in [0.2, 0.25) is 5.02 Å². The topological polar surface area (TPSA) is 62.6 Å². The molecule has 0 atom stereocenters. The van der Waals surface area contributed by atoms with Gasteiger partial charge in [0.05, 0.1) is 26.2 Å². The molecule has 0 radical (unpaired) electrons. The normalized spacial score (nSPS) is 15.3. The zero-order valence-electron chi connectivity index (χ0n) is 13.6. The Bertz CT molecular complexity index is 701. The number of rotatable bonds is 4. The van der Waals surface area contributed by atoms with Gasteiger partial charge >= 0.3 is 0 Å². The number of nitrogens with zero attached hydrogens (tertiary/aromatic N) is 3. The minimum absolute atomic E-state index is 0.0137. The fourth-order valence-corrected chi connectivity index (χ4v) is 2.99. The van der Waals surface area contributed by atoms with Crippen LogP contribution in [0, 0.1) is 6.92 Å². The van der Waals surface area contributed by atoms with Crippen molar-refractivity contribution in [3.05, 3.63) is 47.2 Å². The molecule has 6 nitrogen and oxygen atoms in total. The number of hydrogen-bond acceptors (Lipinski definition) is 4. The van der Waals surface area contributed by atoms with Crippen molar-refractivity contribution in [3.8, 4) is 0 Å². The first-order chi connectivity index (χ1) is 11.6. The molecule has 0 saturated carbocycles. The highest BCUT2D eigenvalue weighted by Gasteiger charge is 2.23. The highest BCUT2D eigenvalue weighted by Crippen LogP contribution is 2.22. The average molecular weight is 347 g/mol. The van der Waals surface area contributed by atoms with Crippen LogP contribution in [0.3, 0.4) is 0 Å². The van der Waals surface area contributed by atoms with E-state index in [1.807, 2.05) is 31.2 Å². The lowest BCUT2D eigenvalue weighted by atomic mass is 10.2. The van der Waals surface area contributed by atoms with Gasteiger partial charge < -0.3 is 15.1 Å². The molecule has 2 N–H and O–H groups in total. The Morgan fingerprint density at radius 2 is 1.96 bits per heavy atom. The summed E-state index contributed by atoms with van der Waals surface area (Å²) in [4.78, 5) is 24.3. The first kappa shape index (κ1) is 16.7. The van der Waals surface area contributed by atoms with E-state index >= 15 is 0 Å². The Kier molecular flexibility index (Phi) is 5.27. The minimum Gasteiger partial charge on any atom is -0.330 e. The van der Waals surface area contributed by atoms with Crippen LogP contribution < -0.4 is 15.1 Å². The minimum atomic E-state index is 0.0137.